The molecule has 2 aromatic carbocycles. The maximum absolute atomic E-state index is 12.7. The molecule has 140 valence electrons. The van der Waals surface area contributed by atoms with Crippen molar-refractivity contribution in [1.29, 1.82) is 0 Å². The van der Waals surface area contributed by atoms with Crippen LogP contribution in [-0.2, 0) is 11.3 Å². The fraction of sp³-hybridized carbons (Fsp3) is 0.409. The van der Waals surface area contributed by atoms with Crippen molar-refractivity contribution < 1.29 is 4.79 Å². The maximum atomic E-state index is 12.7. The first-order valence-corrected chi connectivity index (χ1v) is 9.51. The summed E-state index contributed by atoms with van der Waals surface area (Å²) >= 11 is 6.04. The molecule has 0 unspecified atom stereocenters. The molecule has 0 spiro atoms. The first-order valence-electron chi connectivity index (χ1n) is 9.13. The second-order valence-electron chi connectivity index (χ2n) is 7.47. The van der Waals surface area contributed by atoms with Gasteiger partial charge in [-0.2, -0.15) is 0 Å². The maximum Gasteiger partial charge on any atom is 0.238 e. The molecule has 0 saturated heterocycles. The van der Waals surface area contributed by atoms with Gasteiger partial charge < -0.3 is 5.32 Å². The van der Waals surface area contributed by atoms with E-state index in [0.717, 1.165) is 11.3 Å². The van der Waals surface area contributed by atoms with Crippen LogP contribution in [0.3, 0.4) is 0 Å². The van der Waals surface area contributed by atoms with Gasteiger partial charge in [0.15, 0.2) is 0 Å². The number of hydrogen-bond acceptors (Lipinski definition) is 2. The van der Waals surface area contributed by atoms with Gasteiger partial charge in [0.05, 0.1) is 6.54 Å². The first kappa shape index (κ1) is 20.5. The number of anilines is 1. The third kappa shape index (κ3) is 5.58. The van der Waals surface area contributed by atoms with Gasteiger partial charge in [-0.05, 0) is 47.7 Å². The summed E-state index contributed by atoms with van der Waals surface area (Å²) in [5.74, 6) is 0.714. The van der Waals surface area contributed by atoms with Gasteiger partial charge in [0.1, 0.15) is 0 Å². The Bertz CT molecular complexity index is 729. The SMILES string of the molecule is CC(C)c1cccc(C(C)C)c1NC(=O)CN(C)Cc1cccc(Cl)c1. The summed E-state index contributed by atoms with van der Waals surface area (Å²) in [6, 6.07) is 14.0. The Morgan fingerprint density at radius 1 is 1.04 bits per heavy atom. The van der Waals surface area contributed by atoms with E-state index >= 15 is 0 Å². The summed E-state index contributed by atoms with van der Waals surface area (Å²) in [5, 5.41) is 3.88. The molecular weight excluding hydrogens is 344 g/mol. The fourth-order valence-corrected chi connectivity index (χ4v) is 3.34. The highest BCUT2D eigenvalue weighted by molar-refractivity contribution is 6.30. The number of carbonyl (C=O) groups is 1. The number of hydrogen-bond donors (Lipinski definition) is 1. The predicted molar refractivity (Wildman–Crippen MR) is 111 cm³/mol. The standard InChI is InChI=1S/C22H29ClN2O/c1-15(2)19-10-7-11-20(16(3)4)22(19)24-21(26)14-25(5)13-17-8-6-9-18(23)12-17/h6-12,15-16H,13-14H2,1-5H3,(H,24,26). The number of rotatable bonds is 7. The quantitative estimate of drug-likeness (QED) is 0.680. The lowest BCUT2D eigenvalue weighted by Gasteiger charge is -2.22. The lowest BCUT2D eigenvalue weighted by Crippen LogP contribution is -2.30. The first-order chi connectivity index (χ1) is 12.3. The highest BCUT2D eigenvalue weighted by Gasteiger charge is 2.16. The third-order valence-corrected chi connectivity index (χ3v) is 4.63. The van der Waals surface area contributed by atoms with Crippen LogP contribution in [0.25, 0.3) is 0 Å². The molecule has 2 rings (SSSR count). The Hall–Kier alpha value is -1.84. The molecule has 0 radical (unpaired) electrons. The van der Waals surface area contributed by atoms with E-state index in [4.69, 9.17) is 11.6 Å². The van der Waals surface area contributed by atoms with E-state index in [2.05, 4.69) is 51.2 Å². The van der Waals surface area contributed by atoms with E-state index in [1.807, 2.05) is 36.2 Å². The van der Waals surface area contributed by atoms with Crippen molar-refractivity contribution in [1.82, 2.24) is 4.90 Å². The van der Waals surface area contributed by atoms with Crippen LogP contribution in [-0.4, -0.2) is 24.4 Å². The van der Waals surface area contributed by atoms with Crippen molar-refractivity contribution in [3.8, 4) is 0 Å². The van der Waals surface area contributed by atoms with E-state index in [9.17, 15) is 4.79 Å². The molecule has 0 aliphatic carbocycles. The van der Waals surface area contributed by atoms with Crippen LogP contribution in [0.5, 0.6) is 0 Å². The Balaban J connectivity index is 2.09. The molecule has 0 atom stereocenters. The number of amides is 1. The molecule has 3 nitrogen and oxygen atoms in total. The van der Waals surface area contributed by atoms with Gasteiger partial charge in [-0.3, -0.25) is 9.69 Å². The fourth-order valence-electron chi connectivity index (χ4n) is 3.12. The van der Waals surface area contributed by atoms with E-state index in [-0.39, 0.29) is 5.91 Å². The van der Waals surface area contributed by atoms with E-state index < -0.39 is 0 Å². The second kappa shape index (κ2) is 9.20. The summed E-state index contributed by atoms with van der Waals surface area (Å²) in [5.41, 5.74) is 4.43. The summed E-state index contributed by atoms with van der Waals surface area (Å²) in [6.45, 7) is 9.62. The molecule has 1 amide bonds. The van der Waals surface area contributed by atoms with Gasteiger partial charge in [0.25, 0.3) is 0 Å². The molecule has 26 heavy (non-hydrogen) atoms. The molecular formula is C22H29ClN2O. The third-order valence-electron chi connectivity index (χ3n) is 4.39. The van der Waals surface area contributed by atoms with Crippen LogP contribution >= 0.6 is 11.6 Å². The molecule has 2 aromatic rings. The largest absolute Gasteiger partial charge is 0.324 e. The number of carbonyl (C=O) groups excluding carboxylic acids is 1. The van der Waals surface area contributed by atoms with Crippen LogP contribution in [0.15, 0.2) is 42.5 Å². The van der Waals surface area contributed by atoms with Crippen molar-refractivity contribution in [3.63, 3.8) is 0 Å². The number of nitrogens with one attached hydrogen (secondary N) is 1. The van der Waals surface area contributed by atoms with E-state index in [1.165, 1.54) is 11.1 Å². The van der Waals surface area contributed by atoms with Crippen LogP contribution in [0, 0.1) is 0 Å². The molecule has 1 N–H and O–H groups in total. The van der Waals surface area contributed by atoms with Crippen molar-refractivity contribution in [2.75, 3.05) is 18.9 Å². The smallest absolute Gasteiger partial charge is 0.238 e. The summed E-state index contributed by atoms with van der Waals surface area (Å²) in [7, 11) is 1.94. The van der Waals surface area contributed by atoms with Gasteiger partial charge in [-0.1, -0.05) is 69.6 Å². The van der Waals surface area contributed by atoms with Crippen LogP contribution in [0.1, 0.15) is 56.2 Å². The number of likely N-dealkylation sites (N-methyl/N-ethyl adjacent to an activating group) is 1. The molecule has 0 fully saturated rings. The minimum absolute atomic E-state index is 0.00419. The lowest BCUT2D eigenvalue weighted by atomic mass is 9.92. The highest BCUT2D eigenvalue weighted by atomic mass is 35.5. The van der Waals surface area contributed by atoms with Gasteiger partial charge in [0, 0.05) is 17.3 Å². The molecule has 0 heterocycles. The normalized spacial score (nSPS) is 11.4. The van der Waals surface area contributed by atoms with Crippen molar-refractivity contribution in [2.45, 2.75) is 46.1 Å². The summed E-state index contributed by atoms with van der Waals surface area (Å²) < 4.78 is 0. The van der Waals surface area contributed by atoms with Crippen LogP contribution in [0.2, 0.25) is 5.02 Å². The highest BCUT2D eigenvalue weighted by Crippen LogP contribution is 2.32. The molecule has 0 aromatic heterocycles. The van der Waals surface area contributed by atoms with Gasteiger partial charge in [-0.15, -0.1) is 0 Å². The number of nitrogens with zero attached hydrogens (tertiary/aromatic N) is 1. The van der Waals surface area contributed by atoms with E-state index in [0.29, 0.717) is 29.9 Å². The van der Waals surface area contributed by atoms with Crippen molar-refractivity contribution in [3.05, 3.63) is 64.2 Å². The minimum Gasteiger partial charge on any atom is -0.324 e. The van der Waals surface area contributed by atoms with E-state index in [1.54, 1.807) is 0 Å². The zero-order valence-corrected chi connectivity index (χ0v) is 17.1. The molecule has 0 saturated carbocycles. The summed E-state index contributed by atoms with van der Waals surface area (Å²) in [6.07, 6.45) is 0. The Morgan fingerprint density at radius 3 is 2.15 bits per heavy atom. The zero-order chi connectivity index (χ0) is 19.3. The van der Waals surface area contributed by atoms with Gasteiger partial charge >= 0.3 is 0 Å². The van der Waals surface area contributed by atoms with Crippen molar-refractivity contribution >= 4 is 23.2 Å². The number of halogens is 1. The Labute approximate surface area is 162 Å². The molecule has 0 aliphatic rings. The molecule has 4 heteroatoms. The summed E-state index contributed by atoms with van der Waals surface area (Å²) in [4.78, 5) is 14.6. The minimum atomic E-state index is 0.00419. The second-order valence-corrected chi connectivity index (χ2v) is 7.91. The van der Waals surface area contributed by atoms with Crippen LogP contribution in [0.4, 0.5) is 5.69 Å². The monoisotopic (exact) mass is 372 g/mol. The Kier molecular flexibility index (Phi) is 7.24. The predicted octanol–water partition coefficient (Wildman–Crippen LogP) is 5.66. The average Bonchev–Trinajstić information content (AvgIpc) is 2.54. The molecule has 0 aliphatic heterocycles. The topological polar surface area (TPSA) is 32.3 Å². The van der Waals surface area contributed by atoms with Gasteiger partial charge in [0.2, 0.25) is 5.91 Å². The molecule has 0 bridgehead atoms. The van der Waals surface area contributed by atoms with Crippen LogP contribution < -0.4 is 5.32 Å². The van der Waals surface area contributed by atoms with Crippen molar-refractivity contribution in [2.24, 2.45) is 0 Å². The van der Waals surface area contributed by atoms with Gasteiger partial charge in [-0.25, -0.2) is 0 Å². The number of para-hydroxylation sites is 1. The zero-order valence-electron chi connectivity index (χ0n) is 16.3. The average molecular weight is 373 g/mol. The number of benzene rings is 2. The lowest BCUT2D eigenvalue weighted by molar-refractivity contribution is -0.117. The Morgan fingerprint density at radius 2 is 1.62 bits per heavy atom.